The lowest BCUT2D eigenvalue weighted by Crippen LogP contribution is -2.31. The fourth-order valence-electron chi connectivity index (χ4n) is 1.66. The van der Waals surface area contributed by atoms with E-state index in [0.717, 1.165) is 0 Å². The Kier molecular flexibility index (Phi) is 5.38. The van der Waals surface area contributed by atoms with Gasteiger partial charge >= 0.3 is 5.97 Å². The van der Waals surface area contributed by atoms with Gasteiger partial charge in [0.2, 0.25) is 13.0 Å². The smallest absolute Gasteiger partial charge is 0.342 e. The zero-order chi connectivity index (χ0) is 13.1. The predicted molar refractivity (Wildman–Crippen MR) is 68.3 cm³/mol. The van der Waals surface area contributed by atoms with Crippen LogP contribution >= 0.6 is 12.4 Å². The standard InChI is InChI=1S/C12H14FNO4.ClH/c1-2-16-12(15)10(13)11(14)7-3-4-8-9(5-7)18-6-17-8;/h3-5,10-11H,2,6,14H2,1H3;1H/t10?,11-;/m1./s1. The van der Waals surface area contributed by atoms with Gasteiger partial charge in [0.1, 0.15) is 0 Å². The monoisotopic (exact) mass is 291 g/mol. The van der Waals surface area contributed by atoms with Gasteiger partial charge in [-0.3, -0.25) is 0 Å². The molecule has 0 saturated heterocycles. The number of hydrogen-bond donors (Lipinski definition) is 1. The topological polar surface area (TPSA) is 70.8 Å². The highest BCUT2D eigenvalue weighted by Crippen LogP contribution is 2.34. The van der Waals surface area contributed by atoms with E-state index in [-0.39, 0.29) is 25.8 Å². The van der Waals surface area contributed by atoms with Gasteiger partial charge in [0, 0.05) is 0 Å². The van der Waals surface area contributed by atoms with Crippen LogP contribution in [0.25, 0.3) is 0 Å². The molecule has 0 aromatic heterocycles. The van der Waals surface area contributed by atoms with Crippen LogP contribution < -0.4 is 15.2 Å². The van der Waals surface area contributed by atoms with Crippen LogP contribution in [0.1, 0.15) is 18.5 Å². The molecule has 0 amide bonds. The molecule has 2 N–H and O–H groups in total. The summed E-state index contributed by atoms with van der Waals surface area (Å²) in [7, 11) is 0. The fourth-order valence-corrected chi connectivity index (χ4v) is 1.66. The average molecular weight is 292 g/mol. The molecule has 1 aromatic rings. The van der Waals surface area contributed by atoms with Crippen molar-refractivity contribution in [3.05, 3.63) is 23.8 Å². The number of esters is 1. The molecule has 0 bridgehead atoms. The number of nitrogens with two attached hydrogens (primary N) is 1. The molecule has 19 heavy (non-hydrogen) atoms. The molecule has 0 saturated carbocycles. The minimum absolute atomic E-state index is 0. The van der Waals surface area contributed by atoms with Crippen molar-refractivity contribution in [2.24, 2.45) is 5.73 Å². The van der Waals surface area contributed by atoms with Crippen LogP contribution in [0.3, 0.4) is 0 Å². The number of alkyl halides is 1. The quantitative estimate of drug-likeness (QED) is 0.856. The predicted octanol–water partition coefficient (Wildman–Crippen LogP) is 1.74. The fraction of sp³-hybridized carbons (Fsp3) is 0.417. The number of halogens is 2. The second-order valence-corrected chi connectivity index (χ2v) is 3.79. The molecule has 0 aliphatic carbocycles. The molecule has 0 fully saturated rings. The lowest BCUT2D eigenvalue weighted by Gasteiger charge is -2.16. The summed E-state index contributed by atoms with van der Waals surface area (Å²) in [5.74, 6) is 0.124. The first kappa shape index (κ1) is 15.5. The van der Waals surface area contributed by atoms with E-state index in [1.54, 1.807) is 25.1 Å². The highest BCUT2D eigenvalue weighted by molar-refractivity contribution is 5.85. The molecular weight excluding hydrogens is 277 g/mol. The third-order valence-corrected chi connectivity index (χ3v) is 2.61. The molecule has 2 atom stereocenters. The van der Waals surface area contributed by atoms with E-state index < -0.39 is 18.2 Å². The Morgan fingerprint density at radius 3 is 2.84 bits per heavy atom. The van der Waals surface area contributed by atoms with E-state index in [1.807, 2.05) is 0 Å². The van der Waals surface area contributed by atoms with Gasteiger partial charge in [0.15, 0.2) is 11.5 Å². The second kappa shape index (κ2) is 6.58. The molecule has 5 nitrogen and oxygen atoms in total. The van der Waals surface area contributed by atoms with E-state index in [0.29, 0.717) is 17.1 Å². The first-order valence-electron chi connectivity index (χ1n) is 5.59. The maximum absolute atomic E-state index is 13.7. The number of benzene rings is 1. The maximum atomic E-state index is 13.7. The van der Waals surface area contributed by atoms with Gasteiger partial charge < -0.3 is 19.9 Å². The molecule has 1 aromatic carbocycles. The Balaban J connectivity index is 0.00000180. The van der Waals surface area contributed by atoms with E-state index in [2.05, 4.69) is 4.74 Å². The minimum atomic E-state index is -1.90. The summed E-state index contributed by atoms with van der Waals surface area (Å²) in [6.45, 7) is 1.86. The number of ether oxygens (including phenoxy) is 3. The first-order chi connectivity index (χ1) is 8.63. The Morgan fingerprint density at radius 1 is 1.47 bits per heavy atom. The van der Waals surface area contributed by atoms with Gasteiger partial charge in [-0.1, -0.05) is 6.07 Å². The summed E-state index contributed by atoms with van der Waals surface area (Å²) < 4.78 is 28.6. The molecule has 1 aliphatic heterocycles. The van der Waals surface area contributed by atoms with Crippen LogP contribution in [-0.2, 0) is 9.53 Å². The van der Waals surface area contributed by atoms with Gasteiger partial charge in [0.25, 0.3) is 0 Å². The van der Waals surface area contributed by atoms with Crippen molar-refractivity contribution in [2.45, 2.75) is 19.1 Å². The van der Waals surface area contributed by atoms with Crippen molar-refractivity contribution in [3.63, 3.8) is 0 Å². The SMILES string of the molecule is CCOC(=O)C(F)[C@H](N)c1ccc2c(c1)OCO2.Cl. The summed E-state index contributed by atoms with van der Waals surface area (Å²) >= 11 is 0. The van der Waals surface area contributed by atoms with Crippen LogP contribution in [-0.4, -0.2) is 25.5 Å². The van der Waals surface area contributed by atoms with Crippen LogP contribution in [0.2, 0.25) is 0 Å². The minimum Gasteiger partial charge on any atom is -0.464 e. The van der Waals surface area contributed by atoms with Crippen molar-refractivity contribution in [2.75, 3.05) is 13.4 Å². The molecule has 7 heteroatoms. The molecule has 2 rings (SSSR count). The lowest BCUT2D eigenvalue weighted by molar-refractivity contribution is -0.149. The first-order valence-corrected chi connectivity index (χ1v) is 5.59. The summed E-state index contributed by atoms with van der Waals surface area (Å²) in [5, 5.41) is 0. The Labute approximate surface area is 116 Å². The van der Waals surface area contributed by atoms with Crippen molar-refractivity contribution >= 4 is 18.4 Å². The summed E-state index contributed by atoms with van der Waals surface area (Å²) in [6, 6.07) is 3.72. The van der Waals surface area contributed by atoms with Crippen molar-refractivity contribution in [1.82, 2.24) is 0 Å². The molecule has 1 aliphatic rings. The number of carbonyl (C=O) groups is 1. The molecule has 0 radical (unpaired) electrons. The van der Waals surface area contributed by atoms with Crippen molar-refractivity contribution in [3.8, 4) is 11.5 Å². The van der Waals surface area contributed by atoms with Gasteiger partial charge in [-0.05, 0) is 24.6 Å². The van der Waals surface area contributed by atoms with Gasteiger partial charge in [-0.2, -0.15) is 0 Å². The van der Waals surface area contributed by atoms with Crippen LogP contribution in [0.4, 0.5) is 4.39 Å². The van der Waals surface area contributed by atoms with Crippen LogP contribution in [0, 0.1) is 0 Å². The largest absolute Gasteiger partial charge is 0.464 e. The molecule has 1 unspecified atom stereocenters. The lowest BCUT2D eigenvalue weighted by atomic mass is 10.0. The maximum Gasteiger partial charge on any atom is 0.342 e. The summed E-state index contributed by atoms with van der Waals surface area (Å²) in [4.78, 5) is 11.3. The van der Waals surface area contributed by atoms with Crippen LogP contribution in [0.15, 0.2) is 18.2 Å². The number of rotatable bonds is 4. The van der Waals surface area contributed by atoms with E-state index in [9.17, 15) is 9.18 Å². The van der Waals surface area contributed by atoms with Gasteiger partial charge in [-0.15, -0.1) is 12.4 Å². The van der Waals surface area contributed by atoms with Gasteiger partial charge in [-0.25, -0.2) is 9.18 Å². The Bertz CT molecular complexity index is 457. The molecular formula is C12H15ClFNO4. The van der Waals surface area contributed by atoms with Gasteiger partial charge in [0.05, 0.1) is 12.6 Å². The molecule has 106 valence electrons. The second-order valence-electron chi connectivity index (χ2n) is 3.79. The number of carbonyl (C=O) groups excluding carboxylic acids is 1. The Morgan fingerprint density at radius 2 is 2.16 bits per heavy atom. The number of fused-ring (bicyclic) bond motifs is 1. The summed E-state index contributed by atoms with van der Waals surface area (Å²) in [6.07, 6.45) is -1.90. The third-order valence-electron chi connectivity index (χ3n) is 2.61. The Hall–Kier alpha value is -1.53. The van der Waals surface area contributed by atoms with Crippen molar-refractivity contribution in [1.29, 1.82) is 0 Å². The third kappa shape index (κ3) is 3.27. The zero-order valence-corrected chi connectivity index (χ0v) is 11.1. The van der Waals surface area contributed by atoms with Crippen molar-refractivity contribution < 1.29 is 23.4 Å². The van der Waals surface area contributed by atoms with E-state index >= 15 is 0 Å². The van der Waals surface area contributed by atoms with Crippen LogP contribution in [0.5, 0.6) is 11.5 Å². The van der Waals surface area contributed by atoms with E-state index in [1.165, 1.54) is 0 Å². The number of hydrogen-bond acceptors (Lipinski definition) is 5. The average Bonchev–Trinajstić information content (AvgIpc) is 2.84. The highest BCUT2D eigenvalue weighted by Gasteiger charge is 2.29. The summed E-state index contributed by atoms with van der Waals surface area (Å²) in [5.41, 5.74) is 6.15. The molecule has 0 spiro atoms. The zero-order valence-electron chi connectivity index (χ0n) is 10.3. The molecule has 1 heterocycles. The highest BCUT2D eigenvalue weighted by atomic mass is 35.5. The normalized spacial score (nSPS) is 15.3. The van der Waals surface area contributed by atoms with E-state index in [4.69, 9.17) is 15.2 Å².